The van der Waals surface area contributed by atoms with Gasteiger partial charge < -0.3 is 15.2 Å². The van der Waals surface area contributed by atoms with Crippen molar-refractivity contribution >= 4 is 46.1 Å². The Labute approximate surface area is 211 Å². The van der Waals surface area contributed by atoms with E-state index >= 15 is 0 Å². The number of hydrogen-bond acceptors (Lipinski definition) is 6. The lowest BCUT2D eigenvalue weighted by atomic mass is 10.1. The molecule has 2 heterocycles. The molecule has 36 heavy (non-hydrogen) atoms. The Kier molecular flexibility index (Phi) is 7.11. The van der Waals surface area contributed by atoms with Crippen LogP contribution in [0.4, 0.5) is 11.4 Å². The van der Waals surface area contributed by atoms with Crippen molar-refractivity contribution in [3.63, 3.8) is 0 Å². The SMILES string of the molecule is CC(=O)Nc1ccc(NC(=O)CSc2nc3c(c(=O)n(C)c(=O)n3C)n2Cc2ccc(C)cc2)cc1. The van der Waals surface area contributed by atoms with Crippen LogP contribution in [0.5, 0.6) is 0 Å². The molecule has 2 N–H and O–H groups in total. The van der Waals surface area contributed by atoms with Gasteiger partial charge in [0.05, 0.1) is 12.3 Å². The molecule has 0 atom stereocenters. The highest BCUT2D eigenvalue weighted by molar-refractivity contribution is 7.99. The average molecular weight is 507 g/mol. The van der Waals surface area contributed by atoms with Crippen LogP contribution in [0.25, 0.3) is 11.2 Å². The molecule has 0 aliphatic rings. The zero-order valence-corrected chi connectivity index (χ0v) is 21.2. The predicted octanol–water partition coefficient (Wildman–Crippen LogP) is 2.48. The number of imidazole rings is 1. The molecule has 0 bridgehead atoms. The van der Waals surface area contributed by atoms with Crippen molar-refractivity contribution in [1.82, 2.24) is 18.7 Å². The maximum Gasteiger partial charge on any atom is 0.332 e. The van der Waals surface area contributed by atoms with Crippen LogP contribution in [0, 0.1) is 6.92 Å². The second-order valence-electron chi connectivity index (χ2n) is 8.44. The lowest BCUT2D eigenvalue weighted by Crippen LogP contribution is -2.37. The van der Waals surface area contributed by atoms with Crippen LogP contribution in [0.2, 0.25) is 0 Å². The molecule has 2 amide bonds. The van der Waals surface area contributed by atoms with Crippen LogP contribution in [0.1, 0.15) is 18.1 Å². The van der Waals surface area contributed by atoms with E-state index in [1.165, 1.54) is 30.3 Å². The van der Waals surface area contributed by atoms with E-state index < -0.39 is 11.2 Å². The molecule has 0 saturated carbocycles. The first-order valence-corrected chi connectivity index (χ1v) is 12.1. The Morgan fingerprint density at radius 2 is 1.53 bits per heavy atom. The third-order valence-corrected chi connectivity index (χ3v) is 6.57. The fraction of sp³-hybridized carbons (Fsp3) is 0.240. The van der Waals surface area contributed by atoms with E-state index in [0.717, 1.165) is 15.7 Å². The van der Waals surface area contributed by atoms with Gasteiger partial charge in [0.25, 0.3) is 5.56 Å². The third kappa shape index (κ3) is 5.25. The van der Waals surface area contributed by atoms with Crippen LogP contribution in [0.3, 0.4) is 0 Å². The standard InChI is InChI=1S/C25H26N6O4S/c1-15-5-7-17(8-6-15)13-31-21-22(29(3)25(35)30(4)23(21)34)28-24(31)36-14-20(33)27-19-11-9-18(10-12-19)26-16(2)32/h5-12H,13-14H2,1-4H3,(H,26,32)(H,27,33). The Morgan fingerprint density at radius 3 is 2.14 bits per heavy atom. The third-order valence-electron chi connectivity index (χ3n) is 5.60. The molecule has 2 aromatic carbocycles. The second-order valence-corrected chi connectivity index (χ2v) is 9.38. The summed E-state index contributed by atoms with van der Waals surface area (Å²) in [7, 11) is 3.00. The molecule has 2 aromatic heterocycles. The number of hydrogen-bond donors (Lipinski definition) is 2. The minimum Gasteiger partial charge on any atom is -0.326 e. The quantitative estimate of drug-likeness (QED) is 0.372. The van der Waals surface area contributed by atoms with Gasteiger partial charge in [-0.15, -0.1) is 0 Å². The number of benzene rings is 2. The molecule has 0 aliphatic carbocycles. The van der Waals surface area contributed by atoms with Crippen molar-refractivity contribution in [2.75, 3.05) is 16.4 Å². The molecule has 0 fully saturated rings. The molecule has 186 valence electrons. The summed E-state index contributed by atoms with van der Waals surface area (Å²) >= 11 is 1.18. The molecular formula is C25H26N6O4S. The highest BCUT2D eigenvalue weighted by Crippen LogP contribution is 2.24. The Morgan fingerprint density at radius 1 is 0.917 bits per heavy atom. The average Bonchev–Trinajstić information content (AvgIpc) is 3.20. The van der Waals surface area contributed by atoms with E-state index in [4.69, 9.17) is 0 Å². The summed E-state index contributed by atoms with van der Waals surface area (Å²) in [5.41, 5.74) is 2.95. The molecule has 0 radical (unpaired) electrons. The zero-order valence-electron chi connectivity index (χ0n) is 20.4. The number of carbonyl (C=O) groups is 2. The second kappa shape index (κ2) is 10.2. The van der Waals surface area contributed by atoms with Gasteiger partial charge in [-0.1, -0.05) is 41.6 Å². The summed E-state index contributed by atoms with van der Waals surface area (Å²) in [6, 6.07) is 14.7. The molecule has 0 aliphatic heterocycles. The van der Waals surface area contributed by atoms with E-state index in [1.807, 2.05) is 31.2 Å². The number of thioether (sulfide) groups is 1. The van der Waals surface area contributed by atoms with Gasteiger partial charge in [-0.2, -0.15) is 0 Å². The van der Waals surface area contributed by atoms with Crippen molar-refractivity contribution in [2.45, 2.75) is 25.5 Å². The molecule has 0 unspecified atom stereocenters. The first-order chi connectivity index (χ1) is 17.1. The minimum absolute atomic E-state index is 0.0406. The first kappa shape index (κ1) is 25.0. The molecule has 11 heteroatoms. The Balaban J connectivity index is 1.61. The molecule has 4 aromatic rings. The fourth-order valence-electron chi connectivity index (χ4n) is 3.73. The highest BCUT2D eigenvalue weighted by Gasteiger charge is 2.20. The number of amides is 2. The molecule has 0 saturated heterocycles. The largest absolute Gasteiger partial charge is 0.332 e. The van der Waals surface area contributed by atoms with Gasteiger partial charge in [0.1, 0.15) is 0 Å². The van der Waals surface area contributed by atoms with Gasteiger partial charge in [-0.25, -0.2) is 9.78 Å². The highest BCUT2D eigenvalue weighted by atomic mass is 32.2. The predicted molar refractivity (Wildman–Crippen MR) is 141 cm³/mol. The van der Waals surface area contributed by atoms with E-state index in [1.54, 1.807) is 35.9 Å². The number of anilines is 2. The maximum absolute atomic E-state index is 13.0. The van der Waals surface area contributed by atoms with Gasteiger partial charge >= 0.3 is 5.69 Å². The number of fused-ring (bicyclic) bond motifs is 1. The summed E-state index contributed by atoms with van der Waals surface area (Å²) in [5.74, 6) is -0.397. The van der Waals surface area contributed by atoms with Crippen LogP contribution >= 0.6 is 11.8 Å². The van der Waals surface area contributed by atoms with Gasteiger partial charge in [-0.3, -0.25) is 23.5 Å². The Bertz CT molecular complexity index is 1570. The summed E-state index contributed by atoms with van der Waals surface area (Å²) in [4.78, 5) is 53.9. The van der Waals surface area contributed by atoms with E-state index in [2.05, 4.69) is 15.6 Å². The van der Waals surface area contributed by atoms with Crippen molar-refractivity contribution in [2.24, 2.45) is 14.1 Å². The van der Waals surface area contributed by atoms with Crippen molar-refractivity contribution in [3.8, 4) is 0 Å². The monoisotopic (exact) mass is 506 g/mol. The van der Waals surface area contributed by atoms with E-state index in [9.17, 15) is 19.2 Å². The lowest BCUT2D eigenvalue weighted by Gasteiger charge is -2.10. The summed E-state index contributed by atoms with van der Waals surface area (Å²) in [5, 5.41) is 5.94. The number of nitrogens with zero attached hydrogens (tertiary/aromatic N) is 4. The summed E-state index contributed by atoms with van der Waals surface area (Å²) in [6.45, 7) is 3.78. The maximum atomic E-state index is 13.0. The number of carbonyl (C=O) groups excluding carboxylic acids is 2. The van der Waals surface area contributed by atoms with E-state index in [0.29, 0.717) is 28.6 Å². The number of aromatic nitrogens is 4. The number of rotatable bonds is 7. The molecule has 10 nitrogen and oxygen atoms in total. The molecular weight excluding hydrogens is 480 g/mol. The van der Waals surface area contributed by atoms with Crippen LogP contribution in [0.15, 0.2) is 63.3 Å². The van der Waals surface area contributed by atoms with Crippen molar-refractivity contribution < 1.29 is 9.59 Å². The minimum atomic E-state index is -0.468. The molecule has 0 spiro atoms. The first-order valence-electron chi connectivity index (χ1n) is 11.2. The van der Waals surface area contributed by atoms with Crippen LogP contribution in [-0.2, 0) is 30.2 Å². The Hall–Kier alpha value is -4.12. The number of nitrogens with one attached hydrogen (secondary N) is 2. The topological polar surface area (TPSA) is 120 Å². The summed E-state index contributed by atoms with van der Waals surface area (Å²) < 4.78 is 4.15. The van der Waals surface area contributed by atoms with Crippen molar-refractivity contribution in [1.29, 1.82) is 0 Å². The van der Waals surface area contributed by atoms with Gasteiger partial charge in [-0.05, 0) is 36.8 Å². The fourth-order valence-corrected chi connectivity index (χ4v) is 4.52. The van der Waals surface area contributed by atoms with Gasteiger partial charge in [0.2, 0.25) is 11.8 Å². The van der Waals surface area contributed by atoms with Gasteiger partial charge in [0, 0.05) is 32.4 Å². The lowest BCUT2D eigenvalue weighted by molar-refractivity contribution is -0.114. The molecule has 4 rings (SSSR count). The van der Waals surface area contributed by atoms with E-state index in [-0.39, 0.29) is 23.2 Å². The summed E-state index contributed by atoms with van der Waals surface area (Å²) in [6.07, 6.45) is 0. The van der Waals surface area contributed by atoms with Crippen molar-refractivity contribution in [3.05, 3.63) is 80.5 Å². The normalized spacial score (nSPS) is 11.0. The zero-order chi connectivity index (χ0) is 26.0. The van der Waals surface area contributed by atoms with Crippen LogP contribution in [-0.4, -0.2) is 36.3 Å². The number of aryl methyl sites for hydroxylation is 2. The van der Waals surface area contributed by atoms with Gasteiger partial charge in [0.15, 0.2) is 16.3 Å². The van der Waals surface area contributed by atoms with Crippen LogP contribution < -0.4 is 21.9 Å². The smallest absolute Gasteiger partial charge is 0.326 e.